The van der Waals surface area contributed by atoms with Crippen molar-refractivity contribution in [2.24, 2.45) is 0 Å². The fraction of sp³-hybridized carbons (Fsp3) is 0.719. The minimum absolute atomic E-state index is 0.0832. The van der Waals surface area contributed by atoms with Crippen LogP contribution in [0.15, 0.2) is 48.6 Å². The number of rotatable bonds is 25. The second kappa shape index (κ2) is 27.9. The molecule has 4 heteroatoms. The van der Waals surface area contributed by atoms with Gasteiger partial charge in [-0.2, -0.15) is 0 Å². The Labute approximate surface area is 223 Å². The summed E-state index contributed by atoms with van der Waals surface area (Å²) in [6.45, 7) is 4.11. The Kier molecular flexibility index (Phi) is 26.6. The van der Waals surface area contributed by atoms with Crippen LogP contribution in [0, 0.1) is 0 Å². The summed E-state index contributed by atoms with van der Waals surface area (Å²) in [6.07, 6.45) is 36.2. The smallest absolute Gasteiger partial charge is 0.220 e. The Morgan fingerprint density at radius 2 is 1.22 bits per heavy atom. The van der Waals surface area contributed by atoms with Crippen LogP contribution >= 0.6 is 0 Å². The number of allylic oxidation sites excluding steroid dienone is 7. The predicted molar refractivity (Wildman–Crippen MR) is 156 cm³/mol. The summed E-state index contributed by atoms with van der Waals surface area (Å²) in [7, 11) is 0. The van der Waals surface area contributed by atoms with Crippen LogP contribution in [0.1, 0.15) is 129 Å². The molecule has 0 aliphatic heterocycles. The number of carbonyl (C=O) groups is 1. The molecule has 0 rings (SSSR count). The third kappa shape index (κ3) is 24.1. The second-order valence-corrected chi connectivity index (χ2v) is 9.79. The molecule has 0 aromatic heterocycles. The molecule has 0 aromatic carbocycles. The van der Waals surface area contributed by atoms with Gasteiger partial charge in [-0.15, -0.1) is 0 Å². The molecular weight excluding hydrogens is 446 g/mol. The zero-order valence-electron chi connectivity index (χ0n) is 23.5. The number of aliphatic hydroxyl groups is 2. The fourth-order valence-corrected chi connectivity index (χ4v) is 4.01. The monoisotopic (exact) mass is 503 g/mol. The highest BCUT2D eigenvalue weighted by Crippen LogP contribution is 2.11. The highest BCUT2D eigenvalue weighted by molar-refractivity contribution is 5.76. The molecule has 0 aliphatic rings. The van der Waals surface area contributed by atoms with Crippen LogP contribution in [-0.4, -0.2) is 34.9 Å². The summed E-state index contributed by atoms with van der Waals surface area (Å²) in [5.41, 5.74) is 0. The van der Waals surface area contributed by atoms with Gasteiger partial charge in [0.05, 0.1) is 18.8 Å². The molecule has 36 heavy (non-hydrogen) atoms. The number of carbonyl (C=O) groups excluding carboxylic acids is 1. The molecule has 0 radical (unpaired) electrons. The number of nitrogens with one attached hydrogen (secondary N) is 1. The van der Waals surface area contributed by atoms with E-state index >= 15 is 0 Å². The average Bonchev–Trinajstić information content (AvgIpc) is 2.88. The van der Waals surface area contributed by atoms with E-state index in [1.54, 1.807) is 6.08 Å². The van der Waals surface area contributed by atoms with Gasteiger partial charge < -0.3 is 15.5 Å². The van der Waals surface area contributed by atoms with E-state index in [1.807, 2.05) is 6.08 Å². The summed E-state index contributed by atoms with van der Waals surface area (Å²) >= 11 is 0. The Bertz CT molecular complexity index is 594. The van der Waals surface area contributed by atoms with E-state index in [2.05, 4.69) is 55.6 Å². The molecule has 4 nitrogen and oxygen atoms in total. The number of unbranched alkanes of at least 4 members (excludes halogenated alkanes) is 12. The zero-order valence-corrected chi connectivity index (χ0v) is 23.5. The van der Waals surface area contributed by atoms with Crippen molar-refractivity contribution in [3.05, 3.63) is 48.6 Å². The third-order valence-corrected chi connectivity index (χ3v) is 6.32. The number of aliphatic hydroxyl groups excluding tert-OH is 2. The number of amides is 1. The summed E-state index contributed by atoms with van der Waals surface area (Å²) < 4.78 is 0. The maximum Gasteiger partial charge on any atom is 0.220 e. The van der Waals surface area contributed by atoms with E-state index in [0.29, 0.717) is 6.42 Å². The Morgan fingerprint density at radius 3 is 1.83 bits per heavy atom. The van der Waals surface area contributed by atoms with Gasteiger partial charge in [0, 0.05) is 6.42 Å². The fourth-order valence-electron chi connectivity index (χ4n) is 4.01. The topological polar surface area (TPSA) is 69.6 Å². The lowest BCUT2D eigenvalue weighted by molar-refractivity contribution is -0.123. The van der Waals surface area contributed by atoms with Crippen LogP contribution in [0.4, 0.5) is 0 Å². The van der Waals surface area contributed by atoms with Crippen molar-refractivity contribution >= 4 is 5.91 Å². The molecule has 0 bridgehead atoms. The first kappa shape index (κ1) is 34.4. The molecule has 2 atom stereocenters. The minimum Gasteiger partial charge on any atom is -0.394 e. The summed E-state index contributed by atoms with van der Waals surface area (Å²) in [5.74, 6) is -0.0832. The summed E-state index contributed by atoms with van der Waals surface area (Å²) in [6, 6.07) is -0.623. The molecule has 208 valence electrons. The summed E-state index contributed by atoms with van der Waals surface area (Å²) in [4.78, 5) is 12.2. The second-order valence-electron chi connectivity index (χ2n) is 9.79. The minimum atomic E-state index is -0.839. The maximum absolute atomic E-state index is 12.2. The summed E-state index contributed by atoms with van der Waals surface area (Å²) in [5, 5.41) is 22.6. The van der Waals surface area contributed by atoms with Crippen molar-refractivity contribution < 1.29 is 15.0 Å². The molecule has 3 N–H and O–H groups in total. The van der Waals surface area contributed by atoms with E-state index in [9.17, 15) is 15.0 Å². The highest BCUT2D eigenvalue weighted by Gasteiger charge is 2.17. The quantitative estimate of drug-likeness (QED) is 0.0870. The molecule has 0 aromatic rings. The standard InChI is InChI=1S/C32H57NO3/c1-3-5-7-9-11-12-13-14-15-16-17-18-19-20-22-24-26-28-32(36)33-30(29-34)31(35)27-25-23-21-10-8-6-4-2/h5,7,11-12,14-15,25,27,30-31,34-35H,3-4,6,8-10,13,16-24,26,28-29H2,1-2H3,(H,33,36)/b7-5-,12-11-,15-14-,27-25+. The third-order valence-electron chi connectivity index (χ3n) is 6.32. The van der Waals surface area contributed by atoms with Gasteiger partial charge in [-0.25, -0.2) is 0 Å². The molecule has 0 saturated carbocycles. The first-order valence-electron chi connectivity index (χ1n) is 14.9. The zero-order chi connectivity index (χ0) is 26.5. The van der Waals surface area contributed by atoms with Crippen molar-refractivity contribution in [1.29, 1.82) is 0 Å². The van der Waals surface area contributed by atoms with Gasteiger partial charge in [0.25, 0.3) is 0 Å². The lowest BCUT2D eigenvalue weighted by Gasteiger charge is -2.20. The molecule has 0 spiro atoms. The van der Waals surface area contributed by atoms with Crippen molar-refractivity contribution in [2.45, 2.75) is 142 Å². The Morgan fingerprint density at radius 1 is 0.694 bits per heavy atom. The van der Waals surface area contributed by atoms with Crippen molar-refractivity contribution in [3.63, 3.8) is 0 Å². The van der Waals surface area contributed by atoms with Crippen LogP contribution in [-0.2, 0) is 4.79 Å². The van der Waals surface area contributed by atoms with Crippen LogP contribution in [0.25, 0.3) is 0 Å². The maximum atomic E-state index is 12.2. The Hall–Kier alpha value is -1.65. The van der Waals surface area contributed by atoms with Crippen LogP contribution in [0.2, 0.25) is 0 Å². The van der Waals surface area contributed by atoms with Gasteiger partial charge in [0.2, 0.25) is 5.91 Å². The van der Waals surface area contributed by atoms with Crippen molar-refractivity contribution in [1.82, 2.24) is 5.32 Å². The lowest BCUT2D eigenvalue weighted by atomic mass is 10.1. The van der Waals surface area contributed by atoms with Gasteiger partial charge >= 0.3 is 0 Å². The molecule has 0 saturated heterocycles. The van der Waals surface area contributed by atoms with Crippen LogP contribution < -0.4 is 5.32 Å². The average molecular weight is 504 g/mol. The van der Waals surface area contributed by atoms with Gasteiger partial charge in [0.1, 0.15) is 0 Å². The SMILES string of the molecule is CC/C=C\C/C=C\C/C=C\CCCCCCCCCC(=O)NC(CO)C(O)/C=C/CCCCCCC. The van der Waals surface area contributed by atoms with E-state index < -0.39 is 12.1 Å². The van der Waals surface area contributed by atoms with Gasteiger partial charge in [-0.05, 0) is 51.4 Å². The highest BCUT2D eigenvalue weighted by atomic mass is 16.3. The van der Waals surface area contributed by atoms with Gasteiger partial charge in [-0.3, -0.25) is 4.79 Å². The van der Waals surface area contributed by atoms with E-state index in [0.717, 1.165) is 57.8 Å². The number of hydrogen-bond donors (Lipinski definition) is 3. The van der Waals surface area contributed by atoms with Crippen molar-refractivity contribution in [2.75, 3.05) is 6.61 Å². The normalized spacial score (nSPS) is 14.0. The predicted octanol–water partition coefficient (Wildman–Crippen LogP) is 8.11. The van der Waals surface area contributed by atoms with E-state index in [4.69, 9.17) is 0 Å². The molecule has 0 heterocycles. The van der Waals surface area contributed by atoms with Crippen LogP contribution in [0.5, 0.6) is 0 Å². The molecular formula is C32H57NO3. The molecule has 0 fully saturated rings. The molecule has 0 aliphatic carbocycles. The Balaban J connectivity index is 3.67. The molecule has 1 amide bonds. The van der Waals surface area contributed by atoms with Gasteiger partial charge in [-0.1, -0.05) is 120 Å². The molecule has 2 unspecified atom stereocenters. The lowest BCUT2D eigenvalue weighted by Crippen LogP contribution is -2.45. The first-order valence-corrected chi connectivity index (χ1v) is 14.9. The first-order chi connectivity index (χ1) is 17.7. The largest absolute Gasteiger partial charge is 0.394 e. The van der Waals surface area contributed by atoms with Gasteiger partial charge in [0.15, 0.2) is 0 Å². The van der Waals surface area contributed by atoms with E-state index in [-0.39, 0.29) is 12.5 Å². The number of hydrogen-bond acceptors (Lipinski definition) is 3. The van der Waals surface area contributed by atoms with E-state index in [1.165, 1.54) is 51.4 Å². The van der Waals surface area contributed by atoms with Crippen molar-refractivity contribution in [3.8, 4) is 0 Å². The van der Waals surface area contributed by atoms with Crippen LogP contribution in [0.3, 0.4) is 0 Å².